The molecule has 0 amide bonds. The lowest BCUT2D eigenvalue weighted by Crippen LogP contribution is -2.01. The molecule has 0 saturated carbocycles. The third kappa shape index (κ3) is 1.55. The number of allylic oxidation sites excluding steroid dienone is 1. The van der Waals surface area contributed by atoms with Crippen molar-refractivity contribution >= 4 is 11.5 Å². The molecule has 2 nitrogen and oxygen atoms in total. The summed E-state index contributed by atoms with van der Waals surface area (Å²) in [6.07, 6.45) is 4.70. The number of aliphatic carboxylic acids is 1. The Balaban J connectivity index is 2.53. The molecule has 0 saturated heterocycles. The molecule has 2 rings (SSSR count). The summed E-state index contributed by atoms with van der Waals surface area (Å²) in [5, 5.41) is 9.04. The number of fused-ring (bicyclic) bond motifs is 1. The number of aryl methyl sites for hydroxylation is 1. The van der Waals surface area contributed by atoms with Crippen LogP contribution in [0, 0.1) is 0 Å². The van der Waals surface area contributed by atoms with E-state index in [4.69, 9.17) is 5.11 Å². The van der Waals surface area contributed by atoms with E-state index in [9.17, 15) is 4.79 Å². The summed E-state index contributed by atoms with van der Waals surface area (Å²) < 4.78 is 0. The van der Waals surface area contributed by atoms with E-state index in [2.05, 4.69) is 0 Å². The fourth-order valence-electron chi connectivity index (χ4n) is 1.85. The zero-order chi connectivity index (χ0) is 9.97. The molecule has 2 heteroatoms. The molecular formula is C12H12O2. The first-order chi connectivity index (χ1) is 6.79. The molecule has 1 aliphatic carbocycles. The summed E-state index contributed by atoms with van der Waals surface area (Å²) >= 11 is 0. The van der Waals surface area contributed by atoms with Gasteiger partial charge in [0.05, 0.1) is 5.57 Å². The van der Waals surface area contributed by atoms with Crippen molar-refractivity contribution in [1.82, 2.24) is 0 Å². The van der Waals surface area contributed by atoms with Gasteiger partial charge in [0.15, 0.2) is 0 Å². The Bertz CT molecular complexity index is 391. The van der Waals surface area contributed by atoms with E-state index in [0.717, 1.165) is 30.4 Å². The van der Waals surface area contributed by atoms with Crippen molar-refractivity contribution in [2.24, 2.45) is 0 Å². The summed E-state index contributed by atoms with van der Waals surface area (Å²) in [6.45, 7) is 0. The molecule has 0 unspecified atom stereocenters. The van der Waals surface area contributed by atoms with Gasteiger partial charge in [-0.05, 0) is 30.4 Å². The van der Waals surface area contributed by atoms with E-state index in [1.54, 1.807) is 0 Å². The molecule has 0 atom stereocenters. The lowest BCUT2D eigenvalue weighted by atomic mass is 9.99. The normalized spacial score (nSPS) is 15.3. The minimum Gasteiger partial charge on any atom is -0.478 e. The summed E-state index contributed by atoms with van der Waals surface area (Å²) in [6, 6.07) is 7.75. The fraction of sp³-hybridized carbons (Fsp3) is 0.250. The topological polar surface area (TPSA) is 37.3 Å². The average molecular weight is 188 g/mol. The van der Waals surface area contributed by atoms with E-state index < -0.39 is 5.97 Å². The number of carboxylic acid groups (broad SMARTS) is 1. The van der Waals surface area contributed by atoms with E-state index in [-0.39, 0.29) is 0 Å². The molecule has 0 fully saturated rings. The number of benzene rings is 1. The van der Waals surface area contributed by atoms with E-state index in [1.807, 2.05) is 30.3 Å². The van der Waals surface area contributed by atoms with Gasteiger partial charge in [0.1, 0.15) is 0 Å². The van der Waals surface area contributed by atoms with Crippen LogP contribution >= 0.6 is 0 Å². The standard InChI is InChI=1S/C12H12O2/c13-12(14)11-8-4-2-6-9-5-1-3-7-10(9)11/h1,3,5,7-8H,2,4,6H2,(H,13,14). The molecule has 0 radical (unpaired) electrons. The maximum absolute atomic E-state index is 11.0. The summed E-state index contributed by atoms with van der Waals surface area (Å²) in [5.74, 6) is -0.820. The number of carboxylic acids is 1. The van der Waals surface area contributed by atoms with Gasteiger partial charge in [-0.3, -0.25) is 0 Å². The van der Waals surface area contributed by atoms with Gasteiger partial charge in [-0.25, -0.2) is 4.79 Å². The van der Waals surface area contributed by atoms with Gasteiger partial charge < -0.3 is 5.11 Å². The number of hydrogen-bond acceptors (Lipinski definition) is 1. The number of hydrogen-bond donors (Lipinski definition) is 1. The Morgan fingerprint density at radius 3 is 2.86 bits per heavy atom. The van der Waals surface area contributed by atoms with Crippen molar-refractivity contribution in [2.45, 2.75) is 19.3 Å². The van der Waals surface area contributed by atoms with Gasteiger partial charge in [0, 0.05) is 0 Å². The Hall–Kier alpha value is -1.57. The summed E-state index contributed by atoms with van der Waals surface area (Å²) in [4.78, 5) is 11.0. The van der Waals surface area contributed by atoms with Crippen LogP contribution in [0.5, 0.6) is 0 Å². The highest BCUT2D eigenvalue weighted by molar-refractivity contribution is 6.15. The van der Waals surface area contributed by atoms with Crippen LogP contribution in [-0.2, 0) is 11.2 Å². The predicted octanol–water partition coefficient (Wildman–Crippen LogP) is 2.49. The van der Waals surface area contributed by atoms with Crippen molar-refractivity contribution in [3.8, 4) is 0 Å². The van der Waals surface area contributed by atoms with Crippen LogP contribution in [0.4, 0.5) is 0 Å². The van der Waals surface area contributed by atoms with Crippen LogP contribution in [-0.4, -0.2) is 11.1 Å². The van der Waals surface area contributed by atoms with Crippen molar-refractivity contribution in [3.63, 3.8) is 0 Å². The van der Waals surface area contributed by atoms with Gasteiger partial charge in [-0.15, -0.1) is 0 Å². The summed E-state index contributed by atoms with van der Waals surface area (Å²) in [7, 11) is 0. The van der Waals surface area contributed by atoms with Crippen molar-refractivity contribution in [3.05, 3.63) is 41.5 Å². The lowest BCUT2D eigenvalue weighted by Gasteiger charge is -2.05. The Morgan fingerprint density at radius 1 is 1.29 bits per heavy atom. The van der Waals surface area contributed by atoms with Crippen LogP contribution in [0.1, 0.15) is 24.0 Å². The molecule has 14 heavy (non-hydrogen) atoms. The SMILES string of the molecule is O=C(O)C1=CCCCc2ccccc21. The molecule has 0 aromatic heterocycles. The molecule has 0 heterocycles. The van der Waals surface area contributed by atoms with Gasteiger partial charge in [0.25, 0.3) is 0 Å². The van der Waals surface area contributed by atoms with Crippen LogP contribution < -0.4 is 0 Å². The Labute approximate surface area is 82.9 Å². The van der Waals surface area contributed by atoms with E-state index >= 15 is 0 Å². The van der Waals surface area contributed by atoms with E-state index in [1.165, 1.54) is 0 Å². The number of rotatable bonds is 1. The monoisotopic (exact) mass is 188 g/mol. The second kappa shape index (κ2) is 3.66. The largest absolute Gasteiger partial charge is 0.478 e. The smallest absolute Gasteiger partial charge is 0.335 e. The first-order valence-electron chi connectivity index (χ1n) is 4.81. The molecule has 1 aromatic carbocycles. The van der Waals surface area contributed by atoms with Crippen LogP contribution in [0.2, 0.25) is 0 Å². The molecule has 0 spiro atoms. The van der Waals surface area contributed by atoms with Crippen LogP contribution in [0.25, 0.3) is 5.57 Å². The predicted molar refractivity (Wildman–Crippen MR) is 55.0 cm³/mol. The minimum absolute atomic E-state index is 0.457. The molecule has 0 aliphatic heterocycles. The second-order valence-electron chi connectivity index (χ2n) is 3.47. The lowest BCUT2D eigenvalue weighted by molar-refractivity contribution is -0.130. The molecule has 1 N–H and O–H groups in total. The minimum atomic E-state index is -0.820. The molecule has 0 bridgehead atoms. The second-order valence-corrected chi connectivity index (χ2v) is 3.47. The van der Waals surface area contributed by atoms with Gasteiger partial charge in [0.2, 0.25) is 0 Å². The van der Waals surface area contributed by atoms with Crippen molar-refractivity contribution < 1.29 is 9.90 Å². The van der Waals surface area contributed by atoms with E-state index in [0.29, 0.717) is 5.57 Å². The zero-order valence-corrected chi connectivity index (χ0v) is 7.86. The molecule has 72 valence electrons. The first-order valence-corrected chi connectivity index (χ1v) is 4.81. The molecule has 1 aliphatic rings. The quantitative estimate of drug-likeness (QED) is 0.735. The molecular weight excluding hydrogens is 176 g/mol. The van der Waals surface area contributed by atoms with Gasteiger partial charge in [-0.1, -0.05) is 30.3 Å². The number of carbonyl (C=O) groups is 1. The zero-order valence-electron chi connectivity index (χ0n) is 7.86. The Morgan fingerprint density at radius 2 is 2.07 bits per heavy atom. The maximum atomic E-state index is 11.0. The Kier molecular flexibility index (Phi) is 2.35. The third-order valence-corrected chi connectivity index (χ3v) is 2.54. The first kappa shape index (κ1) is 9.00. The van der Waals surface area contributed by atoms with Gasteiger partial charge >= 0.3 is 5.97 Å². The fourth-order valence-corrected chi connectivity index (χ4v) is 1.85. The highest BCUT2D eigenvalue weighted by atomic mass is 16.4. The highest BCUT2D eigenvalue weighted by Gasteiger charge is 2.15. The molecule has 1 aromatic rings. The van der Waals surface area contributed by atoms with Crippen LogP contribution in [0.15, 0.2) is 30.3 Å². The van der Waals surface area contributed by atoms with Crippen LogP contribution in [0.3, 0.4) is 0 Å². The van der Waals surface area contributed by atoms with Crippen molar-refractivity contribution in [1.29, 1.82) is 0 Å². The van der Waals surface area contributed by atoms with Crippen molar-refractivity contribution in [2.75, 3.05) is 0 Å². The highest BCUT2D eigenvalue weighted by Crippen LogP contribution is 2.25. The average Bonchev–Trinajstić information content (AvgIpc) is 2.39. The third-order valence-electron chi connectivity index (χ3n) is 2.54. The maximum Gasteiger partial charge on any atom is 0.335 e. The van der Waals surface area contributed by atoms with Gasteiger partial charge in [-0.2, -0.15) is 0 Å². The summed E-state index contributed by atoms with van der Waals surface area (Å²) in [5.41, 5.74) is 2.49.